The van der Waals surface area contributed by atoms with Gasteiger partial charge < -0.3 is 43.4 Å². The lowest BCUT2D eigenvalue weighted by Gasteiger charge is -2.13. The number of aromatic nitrogens is 6. The van der Waals surface area contributed by atoms with Gasteiger partial charge in [0.15, 0.2) is 0 Å². The van der Waals surface area contributed by atoms with Gasteiger partial charge in [0, 0.05) is 65.5 Å². The van der Waals surface area contributed by atoms with Gasteiger partial charge in [-0.15, -0.1) is 10.2 Å². The second-order valence-corrected chi connectivity index (χ2v) is 12.9. The molecule has 0 unspecified atom stereocenters. The van der Waals surface area contributed by atoms with E-state index in [0.29, 0.717) is 82.3 Å². The first kappa shape index (κ1) is 45.2. The van der Waals surface area contributed by atoms with Gasteiger partial charge in [-0.25, -0.2) is 9.36 Å². The molecule has 0 fully saturated rings. The van der Waals surface area contributed by atoms with E-state index in [1.165, 1.54) is 23.2 Å². The van der Waals surface area contributed by atoms with E-state index in [-0.39, 0.29) is 74.5 Å². The number of hydrogen-bond donors (Lipinski definition) is 8. The van der Waals surface area contributed by atoms with Gasteiger partial charge in [0.25, 0.3) is 0 Å². The summed E-state index contributed by atoms with van der Waals surface area (Å²) in [6, 6.07) is -1.47. The topological polar surface area (TPSA) is 322 Å². The molecule has 2 rings (SSSR count). The first-order valence-corrected chi connectivity index (χ1v) is 18.2. The zero-order valence-electron chi connectivity index (χ0n) is 31.4. The number of primary amides is 2. The predicted molar refractivity (Wildman–Crippen MR) is 194 cm³/mol. The molecule has 10 N–H and O–H groups in total. The summed E-state index contributed by atoms with van der Waals surface area (Å²) in [5, 5.41) is 31.9. The van der Waals surface area contributed by atoms with E-state index in [0.717, 1.165) is 0 Å². The third-order valence-electron chi connectivity index (χ3n) is 8.00. The Hall–Kier alpha value is -5.96. The standard InChI is InChI=1S/C33H54N14O8/c1-22(48)40-26(32(34)54)8-3-5-16-36-30(52)14-12-24-18-46(44-42-24)20-38-28(50)10-7-11-29(51)39-21-47-19-25(43-45-47)13-15-31(53)37-17-6-4-9-27(33(35)55)41-23(2)49/h18-19,26-27H,3-17,20-21H2,1-2H3,(H2,34,54)(H2,35,55)(H,36,52)(H,37,53)(H,38,50)(H,39,51)(H,40,48)(H,41,49)/t26-,27-/m0/s1. The van der Waals surface area contributed by atoms with Gasteiger partial charge in [-0.3, -0.25) is 38.4 Å². The largest absolute Gasteiger partial charge is 0.368 e. The maximum absolute atomic E-state index is 12.3. The summed E-state index contributed by atoms with van der Waals surface area (Å²) >= 11 is 0. The fourth-order valence-corrected chi connectivity index (χ4v) is 5.11. The molecule has 0 aromatic carbocycles. The minimum Gasteiger partial charge on any atom is -0.368 e. The Kier molecular flexibility index (Phi) is 20.7. The van der Waals surface area contributed by atoms with Crippen LogP contribution in [0.15, 0.2) is 12.4 Å². The zero-order valence-corrected chi connectivity index (χ0v) is 31.4. The third-order valence-corrected chi connectivity index (χ3v) is 8.00. The van der Waals surface area contributed by atoms with Crippen molar-refractivity contribution in [2.45, 2.75) is 123 Å². The lowest BCUT2D eigenvalue weighted by atomic mass is 10.1. The van der Waals surface area contributed by atoms with E-state index in [2.05, 4.69) is 52.5 Å². The Morgan fingerprint density at radius 3 is 1.31 bits per heavy atom. The highest BCUT2D eigenvalue weighted by Crippen LogP contribution is 2.04. The molecule has 8 amide bonds. The highest BCUT2D eigenvalue weighted by atomic mass is 16.2. The fraction of sp³-hybridized carbons (Fsp3) is 0.636. The minimum atomic E-state index is -0.733. The molecule has 0 bridgehead atoms. The first-order chi connectivity index (χ1) is 26.2. The zero-order chi connectivity index (χ0) is 40.6. The van der Waals surface area contributed by atoms with E-state index in [1.54, 1.807) is 12.4 Å². The molecular weight excluding hydrogens is 720 g/mol. The van der Waals surface area contributed by atoms with Crippen LogP contribution >= 0.6 is 0 Å². The molecule has 0 aliphatic rings. The van der Waals surface area contributed by atoms with Crippen molar-refractivity contribution in [3.05, 3.63) is 23.8 Å². The Balaban J connectivity index is 1.52. The number of carbonyl (C=O) groups excluding carboxylic acids is 8. The second-order valence-electron chi connectivity index (χ2n) is 12.9. The number of rotatable bonds is 28. The molecule has 2 aromatic heterocycles. The van der Waals surface area contributed by atoms with E-state index in [4.69, 9.17) is 11.5 Å². The van der Waals surface area contributed by atoms with Gasteiger partial charge >= 0.3 is 0 Å². The lowest BCUT2D eigenvalue weighted by molar-refractivity contribution is -0.126. The first-order valence-electron chi connectivity index (χ1n) is 18.2. The van der Waals surface area contributed by atoms with Gasteiger partial charge in [-0.05, 0) is 44.9 Å². The molecule has 2 atom stereocenters. The molecule has 0 spiro atoms. The maximum Gasteiger partial charge on any atom is 0.239 e. The van der Waals surface area contributed by atoms with Crippen molar-refractivity contribution in [2.24, 2.45) is 11.5 Å². The van der Waals surface area contributed by atoms with Crippen LogP contribution in [0.2, 0.25) is 0 Å². The summed E-state index contributed by atoms with van der Waals surface area (Å²) in [7, 11) is 0. The van der Waals surface area contributed by atoms with Crippen LogP contribution in [0.4, 0.5) is 0 Å². The monoisotopic (exact) mass is 774 g/mol. The SMILES string of the molecule is CC(=O)N[C@@H](CCCCNC(=O)CCc1cn(CNC(=O)CCCC(=O)NCn2cc(CCC(=O)NCCCC[C@H](NC(C)=O)C(N)=O)nn2)nn1)C(N)=O. The molecule has 22 heteroatoms. The molecule has 2 aromatic rings. The Labute approximate surface area is 318 Å². The summed E-state index contributed by atoms with van der Waals surface area (Å²) in [4.78, 5) is 93.9. The van der Waals surface area contributed by atoms with Crippen LogP contribution in [0, 0.1) is 0 Å². The van der Waals surface area contributed by atoms with Crippen molar-refractivity contribution < 1.29 is 38.4 Å². The van der Waals surface area contributed by atoms with Crippen LogP contribution in [0.1, 0.15) is 95.9 Å². The molecule has 0 saturated heterocycles. The summed E-state index contributed by atoms with van der Waals surface area (Å²) in [5.41, 5.74) is 11.7. The van der Waals surface area contributed by atoms with Crippen LogP contribution in [0.25, 0.3) is 0 Å². The average Bonchev–Trinajstić information content (AvgIpc) is 3.79. The fourth-order valence-electron chi connectivity index (χ4n) is 5.11. The van der Waals surface area contributed by atoms with Crippen molar-refractivity contribution in [3.63, 3.8) is 0 Å². The molecule has 55 heavy (non-hydrogen) atoms. The number of nitrogens with two attached hydrogens (primary N) is 2. The van der Waals surface area contributed by atoms with Crippen LogP contribution in [-0.2, 0) is 64.5 Å². The molecule has 0 aliphatic heterocycles. The van der Waals surface area contributed by atoms with Crippen molar-refractivity contribution in [1.82, 2.24) is 61.9 Å². The Morgan fingerprint density at radius 1 is 0.564 bits per heavy atom. The number of unbranched alkanes of at least 4 members (excludes halogenated alkanes) is 2. The van der Waals surface area contributed by atoms with Gasteiger partial charge in [-0.1, -0.05) is 10.4 Å². The summed E-state index contributed by atoms with van der Waals surface area (Å²) in [6.45, 7) is 3.59. The average molecular weight is 775 g/mol. The number of hydrogen-bond acceptors (Lipinski definition) is 12. The number of carbonyl (C=O) groups is 8. The molecule has 0 aliphatic carbocycles. The molecule has 2 heterocycles. The second kappa shape index (κ2) is 25.1. The quantitative estimate of drug-likeness (QED) is 0.0410. The molecule has 304 valence electrons. The molecule has 0 radical (unpaired) electrons. The number of amides is 8. The van der Waals surface area contributed by atoms with Crippen LogP contribution in [0.5, 0.6) is 0 Å². The maximum atomic E-state index is 12.3. The van der Waals surface area contributed by atoms with Crippen molar-refractivity contribution in [2.75, 3.05) is 13.1 Å². The van der Waals surface area contributed by atoms with Crippen LogP contribution in [0.3, 0.4) is 0 Å². The van der Waals surface area contributed by atoms with Crippen molar-refractivity contribution in [3.8, 4) is 0 Å². The predicted octanol–water partition coefficient (Wildman–Crippen LogP) is -2.69. The highest BCUT2D eigenvalue weighted by Gasteiger charge is 2.17. The number of nitrogens with zero attached hydrogens (tertiary/aromatic N) is 6. The van der Waals surface area contributed by atoms with Crippen molar-refractivity contribution >= 4 is 47.3 Å². The van der Waals surface area contributed by atoms with Crippen LogP contribution < -0.4 is 43.4 Å². The van der Waals surface area contributed by atoms with E-state index in [9.17, 15) is 38.4 Å². The normalized spacial score (nSPS) is 11.8. The van der Waals surface area contributed by atoms with Crippen molar-refractivity contribution in [1.29, 1.82) is 0 Å². The number of nitrogens with one attached hydrogen (secondary N) is 6. The minimum absolute atomic E-state index is 0.0746. The smallest absolute Gasteiger partial charge is 0.239 e. The van der Waals surface area contributed by atoms with Crippen LogP contribution in [-0.4, -0.2) is 102 Å². The van der Waals surface area contributed by atoms with Gasteiger partial charge in [0.1, 0.15) is 25.4 Å². The molecular formula is C33H54N14O8. The van der Waals surface area contributed by atoms with Gasteiger partial charge in [0.2, 0.25) is 47.3 Å². The van der Waals surface area contributed by atoms with Gasteiger partial charge in [-0.2, -0.15) is 0 Å². The third kappa shape index (κ3) is 20.8. The molecule has 22 nitrogen and oxygen atoms in total. The van der Waals surface area contributed by atoms with E-state index < -0.39 is 23.9 Å². The number of aryl methyl sites for hydroxylation is 2. The lowest BCUT2D eigenvalue weighted by Crippen LogP contribution is -2.43. The van der Waals surface area contributed by atoms with E-state index in [1.807, 2.05) is 0 Å². The summed E-state index contributed by atoms with van der Waals surface area (Å²) < 4.78 is 2.87. The summed E-state index contributed by atoms with van der Waals surface area (Å²) in [6.07, 6.45) is 8.07. The van der Waals surface area contributed by atoms with Gasteiger partial charge in [0.05, 0.1) is 23.8 Å². The Bertz CT molecular complexity index is 1480. The summed E-state index contributed by atoms with van der Waals surface area (Å²) in [5.74, 6) is -2.76. The Morgan fingerprint density at radius 2 is 0.945 bits per heavy atom. The van der Waals surface area contributed by atoms with E-state index >= 15 is 0 Å². The molecule has 0 saturated carbocycles. The highest BCUT2D eigenvalue weighted by molar-refractivity contribution is 5.86.